The Bertz CT molecular complexity index is 1280. The molecule has 0 unspecified atom stereocenters. The molecule has 0 spiro atoms. The van der Waals surface area contributed by atoms with Crippen LogP contribution in [0.4, 0.5) is 5.69 Å². The van der Waals surface area contributed by atoms with Crippen molar-refractivity contribution in [3.05, 3.63) is 89.0 Å². The number of hydrogen-bond acceptors (Lipinski definition) is 5. The van der Waals surface area contributed by atoms with Crippen molar-refractivity contribution in [1.82, 2.24) is 0 Å². The Labute approximate surface area is 206 Å². The second-order valence-corrected chi connectivity index (χ2v) is 8.28. The predicted molar refractivity (Wildman–Crippen MR) is 136 cm³/mol. The number of ether oxygens (including phenoxy) is 3. The number of carbonyl (C=O) groups is 1. The first-order chi connectivity index (χ1) is 17.1. The lowest BCUT2D eigenvalue weighted by Gasteiger charge is -2.16. The maximum Gasteiger partial charge on any atom is 0.268 e. The van der Waals surface area contributed by atoms with Crippen LogP contribution in [0.2, 0.25) is 0 Å². The summed E-state index contributed by atoms with van der Waals surface area (Å²) in [6, 6.07) is 23.1. The Hall–Kier alpha value is -4.24. The zero-order chi connectivity index (χ0) is 24.6. The molecule has 35 heavy (non-hydrogen) atoms. The van der Waals surface area contributed by atoms with Crippen molar-refractivity contribution in [3.63, 3.8) is 0 Å². The van der Waals surface area contributed by atoms with Crippen LogP contribution >= 0.6 is 0 Å². The molecule has 0 aliphatic carbocycles. The summed E-state index contributed by atoms with van der Waals surface area (Å²) in [4.78, 5) is 14.7. The van der Waals surface area contributed by atoms with Gasteiger partial charge in [-0.25, -0.2) is 0 Å². The van der Waals surface area contributed by atoms with E-state index < -0.39 is 0 Å². The standard InChI is InChI=1S/C29H28N2O4/c1-21-7-5-9-25(17-21)34-15-6-16-35-27-12-11-22(19-28(27)33-2)18-24(20-30)29(32)31-14-13-23-8-3-4-10-26(23)31/h3-5,7-12,17-19H,6,13-16H2,1-2H3/b24-18+. The van der Waals surface area contributed by atoms with Gasteiger partial charge in [-0.1, -0.05) is 36.4 Å². The smallest absolute Gasteiger partial charge is 0.268 e. The van der Waals surface area contributed by atoms with E-state index in [0.717, 1.165) is 29.0 Å². The van der Waals surface area contributed by atoms with E-state index in [0.29, 0.717) is 43.2 Å². The monoisotopic (exact) mass is 468 g/mol. The minimum Gasteiger partial charge on any atom is -0.493 e. The van der Waals surface area contributed by atoms with Crippen LogP contribution in [0.25, 0.3) is 6.08 Å². The number of carbonyl (C=O) groups excluding carboxylic acids is 1. The normalized spacial score (nSPS) is 12.6. The van der Waals surface area contributed by atoms with E-state index in [2.05, 4.69) is 6.07 Å². The van der Waals surface area contributed by atoms with E-state index in [1.807, 2.05) is 61.5 Å². The number of rotatable bonds is 9. The van der Waals surface area contributed by atoms with Gasteiger partial charge in [-0.2, -0.15) is 5.26 Å². The van der Waals surface area contributed by atoms with Gasteiger partial charge in [0.25, 0.3) is 5.91 Å². The number of nitriles is 1. The van der Waals surface area contributed by atoms with Crippen molar-refractivity contribution >= 4 is 17.7 Å². The van der Waals surface area contributed by atoms with Gasteiger partial charge >= 0.3 is 0 Å². The number of para-hydroxylation sites is 1. The summed E-state index contributed by atoms with van der Waals surface area (Å²) in [5.41, 5.74) is 3.90. The topological polar surface area (TPSA) is 71.8 Å². The van der Waals surface area contributed by atoms with Gasteiger partial charge in [0, 0.05) is 18.7 Å². The van der Waals surface area contributed by atoms with E-state index >= 15 is 0 Å². The molecule has 0 N–H and O–H groups in total. The summed E-state index contributed by atoms with van der Waals surface area (Å²) in [7, 11) is 1.56. The minimum absolute atomic E-state index is 0.0747. The van der Waals surface area contributed by atoms with E-state index in [-0.39, 0.29) is 11.5 Å². The van der Waals surface area contributed by atoms with Gasteiger partial charge in [0.1, 0.15) is 17.4 Å². The molecule has 178 valence electrons. The molecule has 0 saturated heterocycles. The van der Waals surface area contributed by atoms with Gasteiger partial charge in [0.15, 0.2) is 11.5 Å². The Morgan fingerprint density at radius 3 is 2.66 bits per heavy atom. The molecule has 0 atom stereocenters. The summed E-state index contributed by atoms with van der Waals surface area (Å²) >= 11 is 0. The number of nitrogens with zero attached hydrogens (tertiary/aromatic N) is 2. The van der Waals surface area contributed by atoms with Crippen LogP contribution in [0.5, 0.6) is 17.2 Å². The molecule has 3 aromatic carbocycles. The number of methoxy groups -OCH3 is 1. The molecule has 0 bridgehead atoms. The van der Waals surface area contributed by atoms with E-state index in [9.17, 15) is 10.1 Å². The molecule has 1 aliphatic heterocycles. The zero-order valence-corrected chi connectivity index (χ0v) is 20.0. The Kier molecular flexibility index (Phi) is 7.69. The number of fused-ring (bicyclic) bond motifs is 1. The highest BCUT2D eigenvalue weighted by atomic mass is 16.5. The minimum atomic E-state index is -0.301. The third-order valence-electron chi connectivity index (χ3n) is 5.79. The molecule has 6 heteroatoms. The number of benzene rings is 3. The molecule has 0 saturated carbocycles. The predicted octanol–water partition coefficient (Wildman–Crippen LogP) is 5.35. The van der Waals surface area contributed by atoms with Crippen molar-refractivity contribution in [1.29, 1.82) is 5.26 Å². The highest BCUT2D eigenvalue weighted by Crippen LogP contribution is 2.31. The van der Waals surface area contributed by atoms with Gasteiger partial charge in [-0.15, -0.1) is 0 Å². The maximum atomic E-state index is 13.1. The van der Waals surface area contributed by atoms with Crippen molar-refractivity contribution < 1.29 is 19.0 Å². The molecule has 3 aromatic rings. The first-order valence-electron chi connectivity index (χ1n) is 11.6. The fraction of sp³-hybridized carbons (Fsp3) is 0.241. The summed E-state index contributed by atoms with van der Waals surface area (Å²) in [5, 5.41) is 9.68. The van der Waals surface area contributed by atoms with E-state index in [4.69, 9.17) is 14.2 Å². The van der Waals surface area contributed by atoms with Crippen molar-refractivity contribution in [2.45, 2.75) is 19.8 Å². The lowest BCUT2D eigenvalue weighted by atomic mass is 10.1. The third kappa shape index (κ3) is 5.82. The van der Waals surface area contributed by atoms with Crippen LogP contribution in [0.3, 0.4) is 0 Å². The molecule has 1 amide bonds. The second-order valence-electron chi connectivity index (χ2n) is 8.28. The van der Waals surface area contributed by atoms with Crippen molar-refractivity contribution in [3.8, 4) is 23.3 Å². The summed E-state index contributed by atoms with van der Waals surface area (Å²) in [6.45, 7) is 3.61. The largest absolute Gasteiger partial charge is 0.493 e. The Morgan fingerprint density at radius 2 is 1.86 bits per heavy atom. The lowest BCUT2D eigenvalue weighted by Crippen LogP contribution is -2.29. The van der Waals surface area contributed by atoms with Gasteiger partial charge in [-0.3, -0.25) is 4.79 Å². The number of anilines is 1. The molecule has 1 heterocycles. The fourth-order valence-corrected chi connectivity index (χ4v) is 4.03. The third-order valence-corrected chi connectivity index (χ3v) is 5.79. The van der Waals surface area contributed by atoms with Crippen LogP contribution < -0.4 is 19.1 Å². The lowest BCUT2D eigenvalue weighted by molar-refractivity contribution is -0.114. The second kappa shape index (κ2) is 11.3. The van der Waals surface area contributed by atoms with Crippen LogP contribution in [0.15, 0.2) is 72.3 Å². The van der Waals surface area contributed by atoms with Crippen LogP contribution in [-0.4, -0.2) is 32.8 Å². The van der Waals surface area contributed by atoms with Gasteiger partial charge < -0.3 is 19.1 Å². The van der Waals surface area contributed by atoms with E-state index in [1.165, 1.54) is 0 Å². The molecule has 4 rings (SSSR count). The highest BCUT2D eigenvalue weighted by Gasteiger charge is 2.26. The molecule has 1 aliphatic rings. The molecule has 0 radical (unpaired) electrons. The molecular formula is C29H28N2O4. The summed E-state index contributed by atoms with van der Waals surface area (Å²) < 4.78 is 17.1. The fourth-order valence-electron chi connectivity index (χ4n) is 4.03. The molecule has 6 nitrogen and oxygen atoms in total. The van der Waals surface area contributed by atoms with Crippen LogP contribution in [0, 0.1) is 18.3 Å². The molecular weight excluding hydrogens is 440 g/mol. The summed E-state index contributed by atoms with van der Waals surface area (Å²) in [6.07, 6.45) is 3.09. The van der Waals surface area contributed by atoms with E-state index in [1.54, 1.807) is 30.2 Å². The quantitative estimate of drug-likeness (QED) is 0.241. The number of hydrogen-bond donors (Lipinski definition) is 0. The van der Waals surface area contributed by atoms with Crippen LogP contribution in [-0.2, 0) is 11.2 Å². The summed E-state index contributed by atoms with van der Waals surface area (Å²) in [5.74, 6) is 1.68. The first kappa shape index (κ1) is 23.9. The van der Waals surface area contributed by atoms with Gasteiger partial charge in [-0.05, 0) is 66.4 Å². The maximum absolute atomic E-state index is 13.1. The van der Waals surface area contributed by atoms with Crippen molar-refractivity contribution in [2.24, 2.45) is 0 Å². The van der Waals surface area contributed by atoms with Gasteiger partial charge in [0.2, 0.25) is 0 Å². The average Bonchev–Trinajstić information content (AvgIpc) is 3.31. The average molecular weight is 469 g/mol. The number of aryl methyl sites for hydroxylation is 1. The molecule has 0 aromatic heterocycles. The molecule has 0 fully saturated rings. The Balaban J connectivity index is 1.38. The zero-order valence-electron chi connectivity index (χ0n) is 20.0. The van der Waals surface area contributed by atoms with Crippen molar-refractivity contribution in [2.75, 3.05) is 31.8 Å². The highest BCUT2D eigenvalue weighted by molar-refractivity contribution is 6.12. The van der Waals surface area contributed by atoms with Gasteiger partial charge in [0.05, 0.1) is 20.3 Å². The SMILES string of the molecule is COc1cc(/C=C(\C#N)C(=O)N2CCc3ccccc32)ccc1OCCCOc1cccc(C)c1. The van der Waals surface area contributed by atoms with Crippen LogP contribution in [0.1, 0.15) is 23.1 Å². The Morgan fingerprint density at radius 1 is 1.03 bits per heavy atom. The first-order valence-corrected chi connectivity index (χ1v) is 11.6. The number of amides is 1.